The molecule has 344 valence electrons. The Morgan fingerprint density at radius 1 is 1.02 bits per heavy atom. The first-order valence-corrected chi connectivity index (χ1v) is 23.0. The van der Waals surface area contributed by atoms with Gasteiger partial charge in [-0.2, -0.15) is 0 Å². The molecule has 7 aliphatic rings. The molecule has 14 nitrogen and oxygen atoms in total. The van der Waals surface area contributed by atoms with Crippen LogP contribution in [0.3, 0.4) is 0 Å². The molecular formula is C47H72O14. The molecule has 6 saturated heterocycles. The first-order chi connectivity index (χ1) is 28.7. The number of rotatable bonds is 11. The van der Waals surface area contributed by atoms with Crippen LogP contribution in [0.5, 0.6) is 0 Å². The van der Waals surface area contributed by atoms with Gasteiger partial charge in [-0.15, -0.1) is 0 Å². The fraction of sp³-hybridized carbons (Fsp3) is 0.830. The largest absolute Gasteiger partial charge is 0.479 e. The lowest BCUT2D eigenvalue weighted by Gasteiger charge is -2.51. The summed E-state index contributed by atoms with van der Waals surface area (Å²) >= 11 is 0. The van der Waals surface area contributed by atoms with Crippen molar-refractivity contribution in [3.8, 4) is 0 Å². The van der Waals surface area contributed by atoms with Crippen molar-refractivity contribution in [1.29, 1.82) is 0 Å². The van der Waals surface area contributed by atoms with Gasteiger partial charge in [0.1, 0.15) is 30.5 Å². The van der Waals surface area contributed by atoms with Crippen LogP contribution < -0.4 is 0 Å². The predicted octanol–water partition coefficient (Wildman–Crippen LogP) is 6.03. The quantitative estimate of drug-likeness (QED) is 0.139. The van der Waals surface area contributed by atoms with E-state index in [4.69, 9.17) is 37.9 Å². The van der Waals surface area contributed by atoms with Crippen molar-refractivity contribution in [3.63, 3.8) is 0 Å². The molecular weight excluding hydrogens is 789 g/mol. The van der Waals surface area contributed by atoms with Gasteiger partial charge < -0.3 is 58.3 Å². The number of esters is 1. The van der Waals surface area contributed by atoms with Crippen LogP contribution in [-0.2, 0) is 47.5 Å². The number of carboxylic acids is 1. The SMILES string of the molecule is C=C1C(O)C2OC3(CCC(C=CC(C)C4CC(C)=CC5(OC(CC(C)(O)C(=O)O)CCC5O)O4)O3)CCC2OC1C(CC(C)C1OC2(CCC1C)OCCCC2C)OC(C)=O. The second kappa shape index (κ2) is 18.3. The van der Waals surface area contributed by atoms with Crippen molar-refractivity contribution >= 4 is 11.9 Å². The van der Waals surface area contributed by atoms with Crippen LogP contribution in [0.25, 0.3) is 0 Å². The number of hydrogen-bond donors (Lipinski definition) is 4. The highest BCUT2D eigenvalue weighted by molar-refractivity contribution is 5.76. The second-order valence-electron chi connectivity index (χ2n) is 19.9. The van der Waals surface area contributed by atoms with E-state index in [1.807, 2.05) is 19.9 Å². The first kappa shape index (κ1) is 46.7. The first-order valence-electron chi connectivity index (χ1n) is 23.0. The van der Waals surface area contributed by atoms with E-state index in [2.05, 4.69) is 33.4 Å². The van der Waals surface area contributed by atoms with E-state index in [1.165, 1.54) is 13.8 Å². The zero-order valence-corrected chi connectivity index (χ0v) is 37.3. The molecule has 0 bridgehead atoms. The van der Waals surface area contributed by atoms with E-state index >= 15 is 0 Å². The summed E-state index contributed by atoms with van der Waals surface area (Å²) in [6.07, 6.45) is 8.14. The van der Waals surface area contributed by atoms with E-state index < -0.39 is 77.6 Å². The van der Waals surface area contributed by atoms with Gasteiger partial charge in [0.05, 0.1) is 37.1 Å². The molecule has 0 aromatic rings. The van der Waals surface area contributed by atoms with Gasteiger partial charge in [-0.1, -0.05) is 52.0 Å². The monoisotopic (exact) mass is 860 g/mol. The Morgan fingerprint density at radius 2 is 1.77 bits per heavy atom. The number of carboxylic acid groups (broad SMARTS) is 1. The topological polar surface area (TPSA) is 189 Å². The Hall–Kier alpha value is -2.24. The molecule has 18 atom stereocenters. The van der Waals surface area contributed by atoms with Crippen molar-refractivity contribution in [3.05, 3.63) is 36.0 Å². The minimum Gasteiger partial charge on any atom is -0.479 e. The molecule has 61 heavy (non-hydrogen) atoms. The molecule has 7 rings (SSSR count). The van der Waals surface area contributed by atoms with Crippen molar-refractivity contribution in [2.24, 2.45) is 23.7 Å². The van der Waals surface area contributed by atoms with Crippen LogP contribution in [-0.4, -0.2) is 123 Å². The van der Waals surface area contributed by atoms with E-state index in [1.54, 1.807) is 6.08 Å². The molecule has 6 fully saturated rings. The number of ether oxygens (including phenoxy) is 8. The van der Waals surface area contributed by atoms with E-state index in [9.17, 15) is 30.0 Å². The molecule has 3 spiro atoms. The number of carbonyl (C=O) groups is 2. The number of aliphatic carboxylic acids is 1. The number of aliphatic hydroxyl groups excluding tert-OH is 2. The third kappa shape index (κ3) is 9.89. The van der Waals surface area contributed by atoms with Gasteiger partial charge in [-0.05, 0) is 95.1 Å². The maximum absolute atomic E-state index is 12.5. The summed E-state index contributed by atoms with van der Waals surface area (Å²) in [5, 5.41) is 42.8. The van der Waals surface area contributed by atoms with Crippen LogP contribution in [0, 0.1) is 23.7 Å². The summed E-state index contributed by atoms with van der Waals surface area (Å²) in [6.45, 7) is 18.2. The smallest absolute Gasteiger partial charge is 0.335 e. The normalized spacial score (nSPS) is 44.3. The van der Waals surface area contributed by atoms with Crippen LogP contribution in [0.2, 0.25) is 0 Å². The number of fused-ring (bicyclic) bond motifs is 1. The van der Waals surface area contributed by atoms with E-state index in [-0.39, 0.29) is 36.6 Å². The summed E-state index contributed by atoms with van der Waals surface area (Å²) < 4.78 is 51.9. The molecule has 7 aliphatic heterocycles. The second-order valence-corrected chi connectivity index (χ2v) is 19.9. The summed E-state index contributed by atoms with van der Waals surface area (Å²) in [5.41, 5.74) is -0.571. The third-order valence-electron chi connectivity index (χ3n) is 14.8. The molecule has 0 aromatic carbocycles. The minimum absolute atomic E-state index is 0.00553. The summed E-state index contributed by atoms with van der Waals surface area (Å²) in [6, 6.07) is 0. The zero-order chi connectivity index (χ0) is 44.1. The Morgan fingerprint density at radius 3 is 2.49 bits per heavy atom. The molecule has 4 N–H and O–H groups in total. The molecule has 7 heterocycles. The Kier molecular flexibility index (Phi) is 14.0. The average Bonchev–Trinajstić information content (AvgIpc) is 3.59. The lowest BCUT2D eigenvalue weighted by atomic mass is 9.78. The molecule has 18 unspecified atom stereocenters. The fourth-order valence-corrected chi connectivity index (χ4v) is 11.2. The van der Waals surface area contributed by atoms with Crippen LogP contribution in [0.4, 0.5) is 0 Å². The van der Waals surface area contributed by atoms with Crippen molar-refractivity contribution in [2.45, 2.75) is 216 Å². The number of hydrogen-bond acceptors (Lipinski definition) is 13. The molecule has 0 aromatic heterocycles. The Balaban J connectivity index is 0.955. The lowest BCUT2D eigenvalue weighted by Crippen LogP contribution is -2.60. The molecule has 0 radical (unpaired) electrons. The maximum Gasteiger partial charge on any atom is 0.335 e. The maximum atomic E-state index is 12.5. The van der Waals surface area contributed by atoms with Gasteiger partial charge >= 0.3 is 11.9 Å². The predicted molar refractivity (Wildman–Crippen MR) is 222 cm³/mol. The zero-order valence-electron chi connectivity index (χ0n) is 37.3. The van der Waals surface area contributed by atoms with Gasteiger partial charge in [0.25, 0.3) is 0 Å². The number of carbonyl (C=O) groups excluding carboxylic acids is 1. The highest BCUT2D eigenvalue weighted by Crippen LogP contribution is 2.48. The molecule has 0 aliphatic carbocycles. The third-order valence-corrected chi connectivity index (χ3v) is 14.8. The molecule has 0 amide bonds. The van der Waals surface area contributed by atoms with Gasteiger partial charge in [-0.25, -0.2) is 4.79 Å². The van der Waals surface area contributed by atoms with Crippen molar-refractivity contribution < 1.29 is 67.9 Å². The summed E-state index contributed by atoms with van der Waals surface area (Å²) in [4.78, 5) is 24.1. The van der Waals surface area contributed by atoms with Gasteiger partial charge in [0.15, 0.2) is 17.2 Å². The molecule has 14 heteroatoms. The van der Waals surface area contributed by atoms with Gasteiger partial charge in [0, 0.05) is 44.4 Å². The van der Waals surface area contributed by atoms with E-state index in [0.717, 1.165) is 31.3 Å². The van der Waals surface area contributed by atoms with Gasteiger partial charge in [0.2, 0.25) is 5.79 Å². The highest BCUT2D eigenvalue weighted by atomic mass is 16.7. The standard InChI is InChI=1S/C47H72O14/c1-26-22-36(59-47(24-26)38(49)14-13-34(58-47)25-44(8,53)43(51)52)27(2)11-12-33-16-18-45(57-33)19-17-35-42(60-45)39(50)31(6)41(56-35)37(55-32(7)48)23-29(4)40-28(3)15-20-46(61-40)30(5)10-9-21-54-46/h11-12,24,27-30,33-42,49-50,53H,6,9-10,13-23,25H2,1-5,7-8H3,(H,51,52). The Bertz CT molecular complexity index is 1660. The highest BCUT2D eigenvalue weighted by Gasteiger charge is 2.56. The van der Waals surface area contributed by atoms with Crippen LogP contribution in [0.15, 0.2) is 36.0 Å². The van der Waals surface area contributed by atoms with Crippen molar-refractivity contribution in [1.82, 2.24) is 0 Å². The summed E-state index contributed by atoms with van der Waals surface area (Å²) in [7, 11) is 0. The Labute approximate surface area is 361 Å². The lowest BCUT2D eigenvalue weighted by molar-refractivity contribution is -0.334. The van der Waals surface area contributed by atoms with Crippen LogP contribution >= 0.6 is 0 Å². The number of aliphatic hydroxyl groups is 3. The molecule has 0 saturated carbocycles. The van der Waals surface area contributed by atoms with E-state index in [0.29, 0.717) is 75.4 Å². The van der Waals surface area contributed by atoms with Crippen molar-refractivity contribution in [2.75, 3.05) is 6.61 Å². The van der Waals surface area contributed by atoms with Crippen LogP contribution in [0.1, 0.15) is 132 Å². The average molecular weight is 861 g/mol. The van der Waals surface area contributed by atoms with Gasteiger partial charge in [-0.3, -0.25) is 4.79 Å². The fourth-order valence-electron chi connectivity index (χ4n) is 11.2. The summed E-state index contributed by atoms with van der Waals surface area (Å²) in [5.74, 6) is -4.18. The minimum atomic E-state index is -1.97.